The first-order valence-electron chi connectivity index (χ1n) is 13.3. The van der Waals surface area contributed by atoms with Crippen molar-refractivity contribution in [3.05, 3.63) is 59.2 Å². The van der Waals surface area contributed by atoms with E-state index >= 15 is 0 Å². The Labute approximate surface area is 225 Å². The lowest BCUT2D eigenvalue weighted by Gasteiger charge is -2.27. The molecule has 2 aromatic rings. The smallest absolute Gasteiger partial charge is 0.295 e. The molecule has 0 bridgehead atoms. The Kier molecular flexibility index (Phi) is 10.6. The zero-order chi connectivity index (χ0) is 27.7. The van der Waals surface area contributed by atoms with Crippen molar-refractivity contribution in [1.29, 1.82) is 0 Å². The van der Waals surface area contributed by atoms with E-state index in [2.05, 4.69) is 13.8 Å². The molecule has 1 fully saturated rings. The molecule has 2 aromatic carbocycles. The molecule has 38 heavy (non-hydrogen) atoms. The van der Waals surface area contributed by atoms with E-state index in [-0.39, 0.29) is 11.3 Å². The number of unbranched alkanes of at least 4 members (excludes halogenated alkanes) is 2. The van der Waals surface area contributed by atoms with Crippen LogP contribution in [0, 0.1) is 0 Å². The van der Waals surface area contributed by atoms with Crippen molar-refractivity contribution < 1.29 is 28.9 Å². The molecule has 206 valence electrons. The van der Waals surface area contributed by atoms with Gasteiger partial charge in [0.1, 0.15) is 11.5 Å². The summed E-state index contributed by atoms with van der Waals surface area (Å²) in [5.41, 5.74) is 1.11. The van der Waals surface area contributed by atoms with E-state index in [1.807, 2.05) is 31.1 Å². The van der Waals surface area contributed by atoms with Crippen LogP contribution in [0.25, 0.3) is 5.76 Å². The molecule has 1 saturated heterocycles. The van der Waals surface area contributed by atoms with E-state index in [1.165, 1.54) is 4.90 Å². The molecule has 1 unspecified atom stereocenters. The number of nitrogens with zero attached hydrogens (tertiary/aromatic N) is 2. The van der Waals surface area contributed by atoms with Gasteiger partial charge in [-0.1, -0.05) is 44.9 Å². The molecular formula is C30H40N2O6. The number of likely N-dealkylation sites (N-methyl/N-ethyl adjacent to an activating group) is 1. The first-order chi connectivity index (χ1) is 18.3. The van der Waals surface area contributed by atoms with E-state index in [9.17, 15) is 14.7 Å². The topological polar surface area (TPSA) is 88.5 Å². The van der Waals surface area contributed by atoms with Crippen LogP contribution in [0.3, 0.4) is 0 Å². The maximum absolute atomic E-state index is 13.3. The Morgan fingerprint density at radius 1 is 0.974 bits per heavy atom. The summed E-state index contributed by atoms with van der Waals surface area (Å²) < 4.78 is 17.3. The molecule has 1 atom stereocenters. The second kappa shape index (κ2) is 13.9. The van der Waals surface area contributed by atoms with Gasteiger partial charge in [-0.3, -0.25) is 9.59 Å². The third-order valence-corrected chi connectivity index (χ3v) is 6.46. The molecule has 1 aliphatic rings. The van der Waals surface area contributed by atoms with Crippen molar-refractivity contribution in [2.75, 3.05) is 47.5 Å². The van der Waals surface area contributed by atoms with Crippen molar-refractivity contribution >= 4 is 17.4 Å². The second-order valence-corrected chi connectivity index (χ2v) is 9.64. The number of ketones is 1. The Morgan fingerprint density at radius 2 is 1.68 bits per heavy atom. The molecule has 3 rings (SSSR count). The van der Waals surface area contributed by atoms with E-state index < -0.39 is 17.7 Å². The number of aliphatic hydroxyl groups excluding tert-OH is 1. The summed E-state index contributed by atoms with van der Waals surface area (Å²) in [6.07, 6.45) is 3.83. The van der Waals surface area contributed by atoms with Crippen LogP contribution in [-0.4, -0.2) is 74.1 Å². The summed E-state index contributed by atoms with van der Waals surface area (Å²) >= 11 is 0. The molecule has 0 radical (unpaired) electrons. The SMILES string of the molecule is CCCCOc1cccc(/C(O)=C2\C(=O)C(=O)N(CCN(C)C)C2c2ccc(OCCCC)c(OC)c2)c1. The fourth-order valence-corrected chi connectivity index (χ4v) is 4.29. The van der Waals surface area contributed by atoms with Gasteiger partial charge in [-0.05, 0) is 56.8 Å². The van der Waals surface area contributed by atoms with Gasteiger partial charge in [0.2, 0.25) is 0 Å². The molecule has 0 aromatic heterocycles. The number of carbonyl (C=O) groups excluding carboxylic acids is 2. The van der Waals surface area contributed by atoms with Gasteiger partial charge >= 0.3 is 0 Å². The van der Waals surface area contributed by atoms with Crippen LogP contribution < -0.4 is 14.2 Å². The molecule has 0 spiro atoms. The van der Waals surface area contributed by atoms with Gasteiger partial charge in [-0.15, -0.1) is 0 Å². The lowest BCUT2D eigenvalue weighted by Crippen LogP contribution is -2.35. The fraction of sp³-hybridized carbons (Fsp3) is 0.467. The highest BCUT2D eigenvalue weighted by Gasteiger charge is 2.46. The van der Waals surface area contributed by atoms with Gasteiger partial charge in [0, 0.05) is 18.7 Å². The highest BCUT2D eigenvalue weighted by atomic mass is 16.5. The number of rotatable bonds is 14. The van der Waals surface area contributed by atoms with Crippen molar-refractivity contribution in [3.63, 3.8) is 0 Å². The van der Waals surface area contributed by atoms with Crippen LogP contribution >= 0.6 is 0 Å². The summed E-state index contributed by atoms with van der Waals surface area (Å²) in [5, 5.41) is 11.4. The monoisotopic (exact) mass is 524 g/mol. The van der Waals surface area contributed by atoms with Crippen molar-refractivity contribution in [1.82, 2.24) is 9.80 Å². The van der Waals surface area contributed by atoms with E-state index in [4.69, 9.17) is 14.2 Å². The number of methoxy groups -OCH3 is 1. The number of likely N-dealkylation sites (tertiary alicyclic amines) is 1. The first-order valence-corrected chi connectivity index (χ1v) is 13.3. The van der Waals surface area contributed by atoms with Crippen LogP contribution in [0.5, 0.6) is 17.2 Å². The first kappa shape index (κ1) is 29.0. The Hall–Kier alpha value is -3.52. The Morgan fingerprint density at radius 3 is 2.34 bits per heavy atom. The lowest BCUT2D eigenvalue weighted by atomic mass is 9.95. The summed E-state index contributed by atoms with van der Waals surface area (Å²) in [7, 11) is 5.36. The van der Waals surface area contributed by atoms with Crippen LogP contribution in [0.1, 0.15) is 56.7 Å². The molecule has 1 aliphatic heterocycles. The third-order valence-electron chi connectivity index (χ3n) is 6.46. The predicted octanol–water partition coefficient (Wildman–Crippen LogP) is 5.04. The second-order valence-electron chi connectivity index (χ2n) is 9.64. The average Bonchev–Trinajstić information content (AvgIpc) is 3.17. The Bertz CT molecular complexity index is 1140. The molecule has 1 N–H and O–H groups in total. The number of amides is 1. The van der Waals surface area contributed by atoms with E-state index in [0.29, 0.717) is 54.7 Å². The average molecular weight is 525 g/mol. The van der Waals surface area contributed by atoms with E-state index in [1.54, 1.807) is 37.4 Å². The number of hydrogen-bond donors (Lipinski definition) is 1. The van der Waals surface area contributed by atoms with Gasteiger partial charge in [-0.2, -0.15) is 0 Å². The molecule has 0 aliphatic carbocycles. The number of benzene rings is 2. The minimum Gasteiger partial charge on any atom is -0.507 e. The van der Waals surface area contributed by atoms with Crippen molar-refractivity contribution in [2.24, 2.45) is 0 Å². The minimum absolute atomic E-state index is 0.0427. The highest BCUT2D eigenvalue weighted by Crippen LogP contribution is 2.42. The molecule has 8 nitrogen and oxygen atoms in total. The largest absolute Gasteiger partial charge is 0.507 e. The van der Waals surface area contributed by atoms with Gasteiger partial charge in [-0.25, -0.2) is 0 Å². The van der Waals surface area contributed by atoms with Crippen LogP contribution in [0.15, 0.2) is 48.0 Å². The predicted molar refractivity (Wildman–Crippen MR) is 148 cm³/mol. The minimum atomic E-state index is -0.779. The van der Waals surface area contributed by atoms with Gasteiger partial charge < -0.3 is 29.1 Å². The number of Topliss-reactive ketones (excluding diaryl/α,β-unsaturated/α-hetero) is 1. The number of hydrogen-bond acceptors (Lipinski definition) is 7. The molecule has 1 amide bonds. The van der Waals surface area contributed by atoms with E-state index in [0.717, 1.165) is 25.7 Å². The van der Waals surface area contributed by atoms with Crippen molar-refractivity contribution in [2.45, 2.75) is 45.6 Å². The van der Waals surface area contributed by atoms with Gasteiger partial charge in [0.15, 0.2) is 11.5 Å². The maximum Gasteiger partial charge on any atom is 0.295 e. The summed E-state index contributed by atoms with van der Waals surface area (Å²) in [5.74, 6) is 0.0943. The molecular weight excluding hydrogens is 484 g/mol. The Balaban J connectivity index is 2.07. The number of carbonyl (C=O) groups is 2. The summed E-state index contributed by atoms with van der Waals surface area (Å²) in [6, 6.07) is 11.6. The molecule has 1 heterocycles. The van der Waals surface area contributed by atoms with Crippen LogP contribution in [-0.2, 0) is 9.59 Å². The zero-order valence-electron chi connectivity index (χ0n) is 23.2. The van der Waals surface area contributed by atoms with Crippen LogP contribution in [0.4, 0.5) is 0 Å². The zero-order valence-corrected chi connectivity index (χ0v) is 23.2. The fourth-order valence-electron chi connectivity index (χ4n) is 4.29. The summed E-state index contributed by atoms with van der Waals surface area (Å²) in [4.78, 5) is 30.0. The van der Waals surface area contributed by atoms with Crippen LogP contribution in [0.2, 0.25) is 0 Å². The van der Waals surface area contributed by atoms with Gasteiger partial charge in [0.25, 0.3) is 11.7 Å². The highest BCUT2D eigenvalue weighted by molar-refractivity contribution is 6.46. The maximum atomic E-state index is 13.3. The summed E-state index contributed by atoms with van der Waals surface area (Å²) in [6.45, 7) is 6.16. The molecule has 8 heteroatoms. The van der Waals surface area contributed by atoms with Gasteiger partial charge in [0.05, 0.1) is 31.9 Å². The third kappa shape index (κ3) is 6.86. The normalized spacial score (nSPS) is 16.8. The standard InChI is InChI=1S/C30H40N2O6/c1-6-8-17-37-23-12-10-11-22(19-23)28(33)26-27(32(16-15-31(3)4)30(35)29(26)34)21-13-14-24(25(20-21)36-5)38-18-9-7-2/h10-14,19-20,27,33H,6-9,15-18H2,1-5H3/b28-26+. The quantitative estimate of drug-likeness (QED) is 0.160. The number of ether oxygens (including phenoxy) is 3. The number of aliphatic hydroxyl groups is 1. The van der Waals surface area contributed by atoms with Crippen molar-refractivity contribution in [3.8, 4) is 17.2 Å². The molecule has 0 saturated carbocycles. The lowest BCUT2D eigenvalue weighted by molar-refractivity contribution is -0.140.